The molecule has 0 aromatic rings. The number of carbonyl (C=O) groups excluding carboxylic acids is 1. The maximum atomic E-state index is 11.0. The Morgan fingerprint density at radius 3 is 2.58 bits per heavy atom. The van der Waals surface area contributed by atoms with Crippen LogP contribution in [0, 0.1) is 0 Å². The minimum Gasteiger partial charge on any atom is -0.320 e. The van der Waals surface area contributed by atoms with Gasteiger partial charge in [-0.15, -0.1) is 0 Å². The van der Waals surface area contributed by atoms with E-state index < -0.39 is 0 Å². The summed E-state index contributed by atoms with van der Waals surface area (Å²) in [6.45, 7) is 1.59. The number of hydrogen-bond donors (Lipinski definition) is 0. The van der Waals surface area contributed by atoms with Gasteiger partial charge in [-0.25, -0.2) is 0 Å². The van der Waals surface area contributed by atoms with E-state index in [4.69, 9.17) is 0 Å². The third kappa shape index (κ3) is 2.33. The average Bonchev–Trinajstić information content (AvgIpc) is 2.04. The number of halogens is 1. The Balaban J connectivity index is 2.71. The second-order valence-corrected chi connectivity index (χ2v) is 4.24. The van der Waals surface area contributed by atoms with Crippen LogP contribution >= 0.6 is 22.6 Å². The van der Waals surface area contributed by atoms with Crippen LogP contribution in [0.3, 0.4) is 0 Å². The van der Waals surface area contributed by atoms with E-state index in [2.05, 4.69) is 28.7 Å². The molecule has 0 heterocycles. The van der Waals surface area contributed by atoms with Crippen LogP contribution in [0.1, 0.15) is 19.8 Å². The lowest BCUT2D eigenvalue weighted by atomic mass is 10.1. The lowest BCUT2D eigenvalue weighted by molar-refractivity contribution is -0.125. The molecule has 2 nitrogen and oxygen atoms in total. The van der Waals surface area contributed by atoms with Gasteiger partial charge < -0.3 is 4.90 Å². The van der Waals surface area contributed by atoms with Crippen LogP contribution in [-0.2, 0) is 4.79 Å². The van der Waals surface area contributed by atoms with Crippen LogP contribution in [-0.4, -0.2) is 17.9 Å². The Labute approximate surface area is 86.5 Å². The molecule has 0 saturated heterocycles. The molecule has 0 radical (unpaired) electrons. The second-order valence-electron chi connectivity index (χ2n) is 2.85. The summed E-state index contributed by atoms with van der Waals surface area (Å²) in [6, 6.07) is 0. The Kier molecular flexibility index (Phi) is 3.31. The van der Waals surface area contributed by atoms with E-state index in [1.54, 1.807) is 11.8 Å². The van der Waals surface area contributed by atoms with Gasteiger partial charge in [0.2, 0.25) is 5.91 Å². The van der Waals surface area contributed by atoms with Crippen molar-refractivity contribution >= 4 is 28.5 Å². The van der Waals surface area contributed by atoms with Gasteiger partial charge in [-0.05, 0) is 45.1 Å². The molecule has 0 unspecified atom stereocenters. The maximum Gasteiger partial charge on any atom is 0.223 e. The van der Waals surface area contributed by atoms with Crippen LogP contribution in [0.15, 0.2) is 21.4 Å². The molecule has 0 aromatic carbocycles. The maximum absolute atomic E-state index is 11.0. The monoisotopic (exact) mass is 277 g/mol. The van der Waals surface area contributed by atoms with E-state index in [-0.39, 0.29) is 5.91 Å². The fourth-order valence-corrected chi connectivity index (χ4v) is 1.53. The number of nitrogens with zero attached hydrogens (tertiary/aromatic N) is 1. The standard InChI is InChI=1S/C9H12INO/c1-7(12)11(2)9-5-3-8(10)4-6-9/h3,5H,4,6H2,1-2H3. The summed E-state index contributed by atoms with van der Waals surface area (Å²) in [5.74, 6) is 0.103. The summed E-state index contributed by atoms with van der Waals surface area (Å²) in [5, 5.41) is 0. The fourth-order valence-electron chi connectivity index (χ4n) is 1.08. The van der Waals surface area contributed by atoms with E-state index in [0.717, 1.165) is 18.5 Å². The first-order valence-electron chi connectivity index (χ1n) is 3.91. The topological polar surface area (TPSA) is 20.3 Å². The molecule has 1 aliphatic carbocycles. The fraction of sp³-hybridized carbons (Fsp3) is 0.444. The van der Waals surface area contributed by atoms with Gasteiger partial charge in [-0.1, -0.05) is 6.08 Å². The molecule has 12 heavy (non-hydrogen) atoms. The van der Waals surface area contributed by atoms with Gasteiger partial charge in [0.05, 0.1) is 0 Å². The van der Waals surface area contributed by atoms with Gasteiger partial charge in [0.25, 0.3) is 0 Å². The molecule has 0 spiro atoms. The van der Waals surface area contributed by atoms with Crippen molar-refractivity contribution in [3.63, 3.8) is 0 Å². The van der Waals surface area contributed by atoms with E-state index >= 15 is 0 Å². The highest BCUT2D eigenvalue weighted by atomic mass is 127. The first-order valence-corrected chi connectivity index (χ1v) is 4.98. The highest BCUT2D eigenvalue weighted by Gasteiger charge is 2.10. The van der Waals surface area contributed by atoms with Gasteiger partial charge in [0.1, 0.15) is 0 Å². The average molecular weight is 277 g/mol. The molecule has 1 rings (SSSR count). The second kappa shape index (κ2) is 4.07. The molecule has 66 valence electrons. The van der Waals surface area contributed by atoms with Crippen molar-refractivity contribution in [1.29, 1.82) is 0 Å². The predicted octanol–water partition coefficient (Wildman–Crippen LogP) is 2.46. The summed E-state index contributed by atoms with van der Waals surface area (Å²) < 4.78 is 1.35. The van der Waals surface area contributed by atoms with Gasteiger partial charge in [-0.3, -0.25) is 4.79 Å². The molecule has 0 atom stereocenters. The Bertz CT molecular complexity index is 255. The summed E-state index contributed by atoms with van der Waals surface area (Å²) in [4.78, 5) is 12.7. The normalized spacial score (nSPS) is 16.6. The quantitative estimate of drug-likeness (QED) is 0.674. The molecule has 0 N–H and O–H groups in total. The van der Waals surface area contributed by atoms with E-state index in [1.807, 2.05) is 13.1 Å². The van der Waals surface area contributed by atoms with Crippen LogP contribution < -0.4 is 0 Å². The molecule has 0 aliphatic heterocycles. The van der Waals surface area contributed by atoms with Crippen molar-refractivity contribution in [1.82, 2.24) is 4.90 Å². The van der Waals surface area contributed by atoms with Crippen molar-refractivity contribution in [3.05, 3.63) is 21.4 Å². The molecule has 0 bridgehead atoms. The third-order valence-electron chi connectivity index (χ3n) is 1.98. The zero-order valence-corrected chi connectivity index (χ0v) is 9.46. The molecule has 1 amide bonds. The Hall–Kier alpha value is -0.320. The largest absolute Gasteiger partial charge is 0.320 e. The molecule has 1 aliphatic rings. The lowest BCUT2D eigenvalue weighted by Crippen LogP contribution is -2.23. The molecular weight excluding hydrogens is 265 g/mol. The number of carbonyl (C=O) groups is 1. The SMILES string of the molecule is CC(=O)N(C)C1=CC=C(I)CC1. The Morgan fingerprint density at radius 1 is 1.50 bits per heavy atom. The molecule has 0 fully saturated rings. The minimum absolute atomic E-state index is 0.103. The predicted molar refractivity (Wildman–Crippen MR) is 57.9 cm³/mol. The smallest absolute Gasteiger partial charge is 0.223 e. The van der Waals surface area contributed by atoms with Crippen molar-refractivity contribution in [2.75, 3.05) is 7.05 Å². The van der Waals surface area contributed by atoms with Crippen LogP contribution in [0.25, 0.3) is 0 Å². The van der Waals surface area contributed by atoms with Gasteiger partial charge >= 0.3 is 0 Å². The first kappa shape index (κ1) is 9.77. The summed E-state index contributed by atoms with van der Waals surface area (Å²) in [6.07, 6.45) is 6.13. The highest BCUT2D eigenvalue weighted by Crippen LogP contribution is 2.24. The first-order chi connectivity index (χ1) is 5.61. The highest BCUT2D eigenvalue weighted by molar-refractivity contribution is 14.1. The summed E-state index contributed by atoms with van der Waals surface area (Å²) in [5.41, 5.74) is 1.11. The number of allylic oxidation sites excluding steroid dienone is 4. The summed E-state index contributed by atoms with van der Waals surface area (Å²) >= 11 is 2.32. The molecule has 0 saturated carbocycles. The van der Waals surface area contributed by atoms with Gasteiger partial charge in [-0.2, -0.15) is 0 Å². The molecular formula is C9H12INO. The van der Waals surface area contributed by atoms with E-state index in [0.29, 0.717) is 0 Å². The van der Waals surface area contributed by atoms with Crippen LogP contribution in [0.4, 0.5) is 0 Å². The summed E-state index contributed by atoms with van der Waals surface area (Å²) in [7, 11) is 1.82. The lowest BCUT2D eigenvalue weighted by Gasteiger charge is -2.20. The number of hydrogen-bond acceptors (Lipinski definition) is 1. The van der Waals surface area contributed by atoms with Crippen molar-refractivity contribution in [2.24, 2.45) is 0 Å². The van der Waals surface area contributed by atoms with E-state index in [9.17, 15) is 4.79 Å². The molecule has 0 aromatic heterocycles. The van der Waals surface area contributed by atoms with Crippen molar-refractivity contribution in [2.45, 2.75) is 19.8 Å². The van der Waals surface area contributed by atoms with Gasteiger partial charge in [0, 0.05) is 19.7 Å². The van der Waals surface area contributed by atoms with Crippen molar-refractivity contribution < 1.29 is 4.79 Å². The zero-order chi connectivity index (χ0) is 9.14. The third-order valence-corrected chi connectivity index (χ3v) is 2.88. The van der Waals surface area contributed by atoms with Gasteiger partial charge in [0.15, 0.2) is 0 Å². The minimum atomic E-state index is 0.103. The van der Waals surface area contributed by atoms with E-state index in [1.165, 1.54) is 3.58 Å². The number of amides is 1. The Morgan fingerprint density at radius 2 is 2.17 bits per heavy atom. The van der Waals surface area contributed by atoms with Crippen molar-refractivity contribution in [3.8, 4) is 0 Å². The van der Waals surface area contributed by atoms with Crippen LogP contribution in [0.5, 0.6) is 0 Å². The zero-order valence-electron chi connectivity index (χ0n) is 7.30. The molecule has 3 heteroatoms. The number of rotatable bonds is 1. The van der Waals surface area contributed by atoms with Crippen LogP contribution in [0.2, 0.25) is 0 Å².